The number of piperidine rings is 1. The molecular weight excluding hydrogens is 274 g/mol. The summed E-state index contributed by atoms with van der Waals surface area (Å²) in [6.45, 7) is 7.13. The average molecular weight is 297 g/mol. The summed E-state index contributed by atoms with van der Waals surface area (Å²) in [6, 6.07) is 10.0. The molecule has 1 fully saturated rings. The lowest BCUT2D eigenvalue weighted by Gasteiger charge is -2.33. The Morgan fingerprint density at radius 1 is 1.50 bits per heavy atom. The fourth-order valence-corrected chi connectivity index (χ4v) is 2.93. The van der Waals surface area contributed by atoms with Crippen molar-refractivity contribution in [2.45, 2.75) is 25.8 Å². The summed E-state index contributed by atoms with van der Waals surface area (Å²) < 4.78 is 0. The standard InChI is InChI=1S/C18H23N3O/c1-2-6-18(22)20-12-15-7-5-10-21(13-15)14-17-9-4-3-8-16(17)11-19/h2-4,8-9,15H,1,5-7,10,12-14H2,(H,20,22). The van der Waals surface area contributed by atoms with Crippen LogP contribution in [0.25, 0.3) is 0 Å². The Morgan fingerprint density at radius 3 is 3.09 bits per heavy atom. The second kappa shape index (κ2) is 8.35. The second-order valence-electron chi connectivity index (χ2n) is 5.81. The number of likely N-dealkylation sites (tertiary alicyclic amines) is 1. The molecule has 0 aliphatic carbocycles. The van der Waals surface area contributed by atoms with Crippen molar-refractivity contribution in [1.82, 2.24) is 10.2 Å². The van der Waals surface area contributed by atoms with Crippen molar-refractivity contribution in [2.24, 2.45) is 5.92 Å². The fraction of sp³-hybridized carbons (Fsp3) is 0.444. The maximum absolute atomic E-state index is 11.5. The van der Waals surface area contributed by atoms with E-state index in [2.05, 4.69) is 22.9 Å². The number of benzene rings is 1. The van der Waals surface area contributed by atoms with Gasteiger partial charge in [-0.05, 0) is 36.9 Å². The number of carbonyl (C=O) groups excluding carboxylic acids is 1. The molecule has 0 bridgehead atoms. The van der Waals surface area contributed by atoms with Gasteiger partial charge < -0.3 is 5.32 Å². The molecule has 4 nitrogen and oxygen atoms in total. The summed E-state index contributed by atoms with van der Waals surface area (Å²) in [4.78, 5) is 13.9. The molecule has 0 spiro atoms. The molecule has 2 rings (SSSR count). The van der Waals surface area contributed by atoms with Crippen molar-refractivity contribution >= 4 is 5.91 Å². The van der Waals surface area contributed by atoms with Crippen molar-refractivity contribution < 1.29 is 4.79 Å². The van der Waals surface area contributed by atoms with Crippen LogP contribution in [-0.2, 0) is 11.3 Å². The van der Waals surface area contributed by atoms with E-state index >= 15 is 0 Å². The minimum atomic E-state index is 0.0435. The molecule has 1 aromatic carbocycles. The van der Waals surface area contributed by atoms with E-state index in [4.69, 9.17) is 0 Å². The van der Waals surface area contributed by atoms with E-state index in [9.17, 15) is 10.1 Å². The first-order valence-electron chi connectivity index (χ1n) is 7.81. The number of hydrogen-bond donors (Lipinski definition) is 1. The summed E-state index contributed by atoms with van der Waals surface area (Å²) in [5.41, 5.74) is 1.84. The minimum Gasteiger partial charge on any atom is -0.356 e. The molecule has 4 heteroatoms. The normalized spacial score (nSPS) is 18.4. The highest BCUT2D eigenvalue weighted by Crippen LogP contribution is 2.19. The lowest BCUT2D eigenvalue weighted by molar-refractivity contribution is -0.120. The number of nitrogens with one attached hydrogen (secondary N) is 1. The van der Waals surface area contributed by atoms with E-state index < -0.39 is 0 Å². The summed E-state index contributed by atoms with van der Waals surface area (Å²) >= 11 is 0. The van der Waals surface area contributed by atoms with Gasteiger partial charge in [-0.1, -0.05) is 24.3 Å². The monoisotopic (exact) mass is 297 g/mol. The lowest BCUT2D eigenvalue weighted by Crippen LogP contribution is -2.40. The molecule has 1 aromatic rings. The van der Waals surface area contributed by atoms with Crippen molar-refractivity contribution in [3.63, 3.8) is 0 Å². The van der Waals surface area contributed by atoms with E-state index in [1.807, 2.05) is 24.3 Å². The van der Waals surface area contributed by atoms with E-state index in [0.717, 1.165) is 50.1 Å². The molecule has 116 valence electrons. The quantitative estimate of drug-likeness (QED) is 0.821. The molecule has 22 heavy (non-hydrogen) atoms. The fourth-order valence-electron chi connectivity index (χ4n) is 2.93. The van der Waals surface area contributed by atoms with Crippen LogP contribution in [0.5, 0.6) is 0 Å². The molecule has 1 N–H and O–H groups in total. The van der Waals surface area contributed by atoms with Gasteiger partial charge in [-0.15, -0.1) is 6.58 Å². The third-order valence-electron chi connectivity index (χ3n) is 4.05. The van der Waals surface area contributed by atoms with Crippen LogP contribution in [-0.4, -0.2) is 30.4 Å². The number of carbonyl (C=O) groups is 1. The van der Waals surface area contributed by atoms with Gasteiger partial charge in [0.25, 0.3) is 0 Å². The first-order chi connectivity index (χ1) is 10.7. The van der Waals surface area contributed by atoms with Crippen LogP contribution in [0.1, 0.15) is 30.4 Å². The SMILES string of the molecule is C=CCC(=O)NCC1CCCN(Cc2ccccc2C#N)C1. The Kier molecular flexibility index (Phi) is 6.17. The lowest BCUT2D eigenvalue weighted by atomic mass is 9.97. The molecule has 1 saturated heterocycles. The van der Waals surface area contributed by atoms with Crippen LogP contribution in [0.4, 0.5) is 0 Å². The van der Waals surface area contributed by atoms with Gasteiger partial charge in [-0.2, -0.15) is 5.26 Å². The van der Waals surface area contributed by atoms with Gasteiger partial charge in [0.05, 0.1) is 11.6 Å². The van der Waals surface area contributed by atoms with E-state index in [1.54, 1.807) is 6.08 Å². The van der Waals surface area contributed by atoms with Gasteiger partial charge >= 0.3 is 0 Å². The summed E-state index contributed by atoms with van der Waals surface area (Å²) in [6.07, 6.45) is 4.29. The largest absolute Gasteiger partial charge is 0.356 e. The molecule has 1 aliphatic heterocycles. The Labute approximate surface area is 132 Å². The summed E-state index contributed by atoms with van der Waals surface area (Å²) in [7, 11) is 0. The highest BCUT2D eigenvalue weighted by Gasteiger charge is 2.20. The van der Waals surface area contributed by atoms with E-state index in [1.165, 1.54) is 0 Å². The van der Waals surface area contributed by atoms with Crippen molar-refractivity contribution in [3.8, 4) is 6.07 Å². The summed E-state index contributed by atoms with van der Waals surface area (Å²) in [5, 5.41) is 12.1. The van der Waals surface area contributed by atoms with E-state index in [-0.39, 0.29) is 5.91 Å². The topological polar surface area (TPSA) is 56.1 Å². The predicted molar refractivity (Wildman–Crippen MR) is 87.0 cm³/mol. The van der Waals surface area contributed by atoms with Gasteiger partial charge in [0.15, 0.2) is 0 Å². The Bertz CT molecular complexity index is 562. The predicted octanol–water partition coefficient (Wildman–Crippen LogP) is 2.46. The van der Waals surface area contributed by atoms with Crippen molar-refractivity contribution in [1.29, 1.82) is 5.26 Å². The number of hydrogen-bond acceptors (Lipinski definition) is 3. The highest BCUT2D eigenvalue weighted by atomic mass is 16.1. The zero-order valence-corrected chi connectivity index (χ0v) is 12.9. The third kappa shape index (κ3) is 4.71. The maximum Gasteiger partial charge on any atom is 0.223 e. The molecule has 1 heterocycles. The van der Waals surface area contributed by atoms with Gasteiger partial charge in [0.1, 0.15) is 0 Å². The number of nitriles is 1. The van der Waals surface area contributed by atoms with Gasteiger partial charge in [-0.25, -0.2) is 0 Å². The van der Waals surface area contributed by atoms with Gasteiger partial charge in [0, 0.05) is 26.1 Å². The summed E-state index contributed by atoms with van der Waals surface area (Å²) in [5.74, 6) is 0.527. The van der Waals surface area contributed by atoms with E-state index in [0.29, 0.717) is 12.3 Å². The third-order valence-corrected chi connectivity index (χ3v) is 4.05. The second-order valence-corrected chi connectivity index (χ2v) is 5.81. The molecular formula is C18H23N3O. The van der Waals surface area contributed by atoms with Gasteiger partial charge in [0.2, 0.25) is 5.91 Å². The molecule has 1 amide bonds. The molecule has 0 radical (unpaired) electrons. The smallest absolute Gasteiger partial charge is 0.223 e. The van der Waals surface area contributed by atoms with Crippen molar-refractivity contribution in [2.75, 3.05) is 19.6 Å². The number of rotatable bonds is 6. The minimum absolute atomic E-state index is 0.0435. The Hall–Kier alpha value is -2.12. The van der Waals surface area contributed by atoms with Gasteiger partial charge in [-0.3, -0.25) is 9.69 Å². The van der Waals surface area contributed by atoms with Crippen LogP contribution < -0.4 is 5.32 Å². The molecule has 1 aliphatic rings. The van der Waals surface area contributed by atoms with Crippen LogP contribution in [0, 0.1) is 17.2 Å². The van der Waals surface area contributed by atoms with Crippen LogP contribution in [0.15, 0.2) is 36.9 Å². The number of amides is 1. The zero-order valence-electron chi connectivity index (χ0n) is 12.9. The average Bonchev–Trinajstić information content (AvgIpc) is 2.54. The Balaban J connectivity index is 1.87. The molecule has 1 unspecified atom stereocenters. The Morgan fingerprint density at radius 2 is 2.32 bits per heavy atom. The molecule has 1 atom stereocenters. The van der Waals surface area contributed by atoms with Crippen LogP contribution in [0.2, 0.25) is 0 Å². The van der Waals surface area contributed by atoms with Crippen LogP contribution >= 0.6 is 0 Å². The molecule has 0 saturated carbocycles. The number of nitrogens with zero attached hydrogens (tertiary/aromatic N) is 2. The molecule has 0 aromatic heterocycles. The zero-order chi connectivity index (χ0) is 15.8. The highest BCUT2D eigenvalue weighted by molar-refractivity contribution is 5.77. The maximum atomic E-state index is 11.5. The van der Waals surface area contributed by atoms with Crippen LogP contribution in [0.3, 0.4) is 0 Å². The first-order valence-corrected chi connectivity index (χ1v) is 7.81. The van der Waals surface area contributed by atoms with Crippen molar-refractivity contribution in [3.05, 3.63) is 48.0 Å². The first kappa shape index (κ1) is 16.3.